The first-order valence-electron chi connectivity index (χ1n) is 7.61. The molecule has 5 nitrogen and oxygen atoms in total. The summed E-state index contributed by atoms with van der Waals surface area (Å²) in [5.74, 6) is 0. The van der Waals surface area contributed by atoms with Gasteiger partial charge in [-0.3, -0.25) is 4.52 Å². The maximum atomic E-state index is 12.1. The van der Waals surface area contributed by atoms with Gasteiger partial charge in [0, 0.05) is 10.1 Å². The van der Waals surface area contributed by atoms with E-state index in [1.165, 1.54) is 6.42 Å². The Morgan fingerprint density at radius 3 is 2.57 bits per heavy atom. The van der Waals surface area contributed by atoms with E-state index >= 15 is 0 Å². The SMILES string of the molecule is CC1CCCC(C)N1[n+]1[nH]oc(=O)c1Cc1ccccc1. The largest absolute Gasteiger partial charge is 0.433 e. The summed E-state index contributed by atoms with van der Waals surface area (Å²) in [6, 6.07) is 10.8. The molecule has 21 heavy (non-hydrogen) atoms. The third kappa shape index (κ3) is 2.73. The number of piperidine rings is 1. The number of rotatable bonds is 3. The number of aromatic nitrogens is 2. The highest BCUT2D eigenvalue weighted by Crippen LogP contribution is 2.18. The van der Waals surface area contributed by atoms with Crippen LogP contribution in [0.15, 0.2) is 39.6 Å². The van der Waals surface area contributed by atoms with Crippen molar-refractivity contribution in [3.05, 3.63) is 52.0 Å². The Morgan fingerprint density at radius 1 is 1.24 bits per heavy atom. The molecule has 0 saturated carbocycles. The zero-order valence-corrected chi connectivity index (χ0v) is 12.6. The molecule has 2 unspecified atom stereocenters. The number of aromatic amines is 1. The minimum atomic E-state index is -0.288. The average molecular weight is 288 g/mol. The van der Waals surface area contributed by atoms with E-state index in [2.05, 4.69) is 24.1 Å². The fraction of sp³-hybridized carbons (Fsp3) is 0.500. The molecule has 0 spiro atoms. The lowest BCUT2D eigenvalue weighted by Crippen LogP contribution is -2.69. The molecule has 1 fully saturated rings. The van der Waals surface area contributed by atoms with E-state index in [-0.39, 0.29) is 5.63 Å². The van der Waals surface area contributed by atoms with Crippen LogP contribution in [0.1, 0.15) is 44.4 Å². The van der Waals surface area contributed by atoms with Crippen LogP contribution >= 0.6 is 0 Å². The van der Waals surface area contributed by atoms with E-state index in [4.69, 9.17) is 4.52 Å². The van der Waals surface area contributed by atoms with Crippen molar-refractivity contribution in [2.24, 2.45) is 0 Å². The van der Waals surface area contributed by atoms with Crippen LogP contribution in [-0.2, 0) is 6.42 Å². The van der Waals surface area contributed by atoms with Crippen molar-refractivity contribution in [1.29, 1.82) is 0 Å². The molecule has 2 aromatic rings. The summed E-state index contributed by atoms with van der Waals surface area (Å²) in [6.07, 6.45) is 4.07. The molecule has 0 radical (unpaired) electrons. The van der Waals surface area contributed by atoms with Crippen LogP contribution in [0.5, 0.6) is 0 Å². The van der Waals surface area contributed by atoms with Crippen molar-refractivity contribution in [2.75, 3.05) is 5.01 Å². The highest BCUT2D eigenvalue weighted by atomic mass is 16.5. The Labute approximate surface area is 124 Å². The van der Waals surface area contributed by atoms with E-state index < -0.39 is 0 Å². The summed E-state index contributed by atoms with van der Waals surface area (Å²) in [4.78, 5) is 13.9. The molecule has 1 saturated heterocycles. The average Bonchev–Trinajstić information content (AvgIpc) is 2.82. The molecule has 3 rings (SSSR count). The minimum Gasteiger partial charge on any atom is -0.281 e. The number of benzene rings is 1. The van der Waals surface area contributed by atoms with Crippen LogP contribution in [0.25, 0.3) is 0 Å². The molecule has 2 atom stereocenters. The van der Waals surface area contributed by atoms with Gasteiger partial charge in [-0.2, -0.15) is 0 Å². The third-order valence-corrected chi connectivity index (χ3v) is 4.31. The lowest BCUT2D eigenvalue weighted by molar-refractivity contribution is -0.771. The summed E-state index contributed by atoms with van der Waals surface area (Å²) in [6.45, 7) is 4.39. The van der Waals surface area contributed by atoms with Gasteiger partial charge in [-0.15, -0.1) is 5.01 Å². The number of H-pyrrole nitrogens is 1. The van der Waals surface area contributed by atoms with Crippen LogP contribution in [0.4, 0.5) is 0 Å². The van der Waals surface area contributed by atoms with Gasteiger partial charge in [0.1, 0.15) is 0 Å². The zero-order chi connectivity index (χ0) is 14.8. The Bertz CT molecular complexity index is 637. The number of hydrogen-bond acceptors (Lipinski definition) is 3. The van der Waals surface area contributed by atoms with Gasteiger partial charge in [0.2, 0.25) is 0 Å². The summed E-state index contributed by atoms with van der Waals surface area (Å²) in [7, 11) is 0. The summed E-state index contributed by atoms with van der Waals surface area (Å²) >= 11 is 0. The van der Waals surface area contributed by atoms with Crippen molar-refractivity contribution in [2.45, 2.75) is 51.6 Å². The molecule has 1 aromatic carbocycles. The van der Waals surface area contributed by atoms with Crippen LogP contribution < -0.4 is 15.4 Å². The molecule has 112 valence electrons. The van der Waals surface area contributed by atoms with Gasteiger partial charge in [-0.1, -0.05) is 30.3 Å². The van der Waals surface area contributed by atoms with Gasteiger partial charge in [-0.25, -0.2) is 4.79 Å². The number of nitrogens with zero attached hydrogens (tertiary/aromatic N) is 2. The smallest absolute Gasteiger partial charge is 0.281 e. The first-order chi connectivity index (χ1) is 10.2. The normalized spacial score (nSPS) is 22.5. The fourth-order valence-corrected chi connectivity index (χ4v) is 3.21. The molecule has 1 aliphatic heterocycles. The second kappa shape index (κ2) is 5.76. The Balaban J connectivity index is 1.95. The van der Waals surface area contributed by atoms with Gasteiger partial charge in [-0.05, 0) is 38.7 Å². The van der Waals surface area contributed by atoms with Crippen molar-refractivity contribution in [3.63, 3.8) is 0 Å². The molecule has 1 aliphatic rings. The lowest BCUT2D eigenvalue weighted by Gasteiger charge is -2.32. The molecule has 1 aromatic heterocycles. The molecule has 5 heteroatoms. The number of nitrogens with one attached hydrogen (secondary N) is 1. The fourth-order valence-electron chi connectivity index (χ4n) is 3.21. The van der Waals surface area contributed by atoms with Gasteiger partial charge >= 0.3 is 11.3 Å². The van der Waals surface area contributed by atoms with Crippen molar-refractivity contribution < 1.29 is 9.31 Å². The van der Waals surface area contributed by atoms with E-state index in [1.54, 1.807) is 0 Å². The lowest BCUT2D eigenvalue weighted by atomic mass is 10.00. The maximum absolute atomic E-state index is 12.1. The van der Waals surface area contributed by atoms with E-state index in [0.29, 0.717) is 24.2 Å². The van der Waals surface area contributed by atoms with Crippen molar-refractivity contribution >= 4 is 0 Å². The minimum absolute atomic E-state index is 0.288. The van der Waals surface area contributed by atoms with Gasteiger partial charge in [0.15, 0.2) is 0 Å². The predicted octanol–water partition coefficient (Wildman–Crippen LogP) is 1.75. The Kier molecular flexibility index (Phi) is 3.82. The molecular weight excluding hydrogens is 266 g/mol. The third-order valence-electron chi connectivity index (χ3n) is 4.31. The van der Waals surface area contributed by atoms with Crippen LogP contribution in [0, 0.1) is 0 Å². The predicted molar refractivity (Wildman–Crippen MR) is 79.8 cm³/mol. The first kappa shape index (κ1) is 13.9. The second-order valence-electron chi connectivity index (χ2n) is 5.91. The molecule has 1 N–H and O–H groups in total. The van der Waals surface area contributed by atoms with Crippen LogP contribution in [-0.4, -0.2) is 17.4 Å². The number of hydrogen-bond donors (Lipinski definition) is 1. The van der Waals surface area contributed by atoms with Crippen LogP contribution in [0.3, 0.4) is 0 Å². The summed E-state index contributed by atoms with van der Waals surface area (Å²) < 4.78 is 5.06. The molecule has 2 heterocycles. The maximum Gasteiger partial charge on any atom is 0.433 e. The quantitative estimate of drug-likeness (QED) is 0.875. The topological polar surface area (TPSA) is 53.1 Å². The highest BCUT2D eigenvalue weighted by Gasteiger charge is 2.36. The molecule has 0 bridgehead atoms. The van der Waals surface area contributed by atoms with Gasteiger partial charge < -0.3 is 0 Å². The standard InChI is InChI=1S/C16H21N3O2/c1-12-7-6-8-13(2)18(12)19-15(16(20)21-17-19)11-14-9-4-3-5-10-14/h3-5,9-10,12-13H,6-8,11H2,1-2H3/p+1. The summed E-state index contributed by atoms with van der Waals surface area (Å²) in [5, 5.41) is 5.01. The first-order valence-corrected chi connectivity index (χ1v) is 7.61. The summed E-state index contributed by atoms with van der Waals surface area (Å²) in [5.41, 5.74) is 1.47. The monoisotopic (exact) mass is 288 g/mol. The van der Waals surface area contributed by atoms with Crippen molar-refractivity contribution in [1.82, 2.24) is 5.27 Å². The molecular formula is C16H22N3O2+. The van der Waals surface area contributed by atoms with Crippen molar-refractivity contribution in [3.8, 4) is 0 Å². The van der Waals surface area contributed by atoms with E-state index in [1.807, 2.05) is 35.1 Å². The molecule has 0 amide bonds. The van der Waals surface area contributed by atoms with Crippen LogP contribution in [0.2, 0.25) is 0 Å². The van der Waals surface area contributed by atoms with Gasteiger partial charge in [0.05, 0.1) is 18.5 Å². The van der Waals surface area contributed by atoms with E-state index in [9.17, 15) is 4.79 Å². The Hall–Kier alpha value is -2.04. The highest BCUT2D eigenvalue weighted by molar-refractivity contribution is 5.18. The molecule has 0 aliphatic carbocycles. The zero-order valence-electron chi connectivity index (χ0n) is 12.6. The van der Waals surface area contributed by atoms with E-state index in [0.717, 1.165) is 18.4 Å². The second-order valence-corrected chi connectivity index (χ2v) is 5.91. The Morgan fingerprint density at radius 2 is 1.90 bits per heavy atom. The van der Waals surface area contributed by atoms with Gasteiger partial charge in [0.25, 0.3) is 0 Å².